The number of fused-ring (bicyclic) bond motifs is 1. The van der Waals surface area contributed by atoms with Gasteiger partial charge >= 0.3 is 0 Å². The van der Waals surface area contributed by atoms with Crippen molar-refractivity contribution in [1.82, 2.24) is 14.9 Å². The molecule has 0 bridgehead atoms. The lowest BCUT2D eigenvalue weighted by atomic mass is 10.2. The van der Waals surface area contributed by atoms with Crippen LogP contribution in [-0.4, -0.2) is 28.6 Å². The molecule has 0 radical (unpaired) electrons. The number of imidazole rings is 1. The third kappa shape index (κ3) is 4.53. The molecule has 5 nitrogen and oxygen atoms in total. The van der Waals surface area contributed by atoms with Crippen LogP contribution in [0.15, 0.2) is 48.5 Å². The molecule has 1 N–H and O–H groups in total. The van der Waals surface area contributed by atoms with E-state index in [1.807, 2.05) is 30.3 Å². The van der Waals surface area contributed by atoms with Gasteiger partial charge in [0.05, 0.1) is 17.6 Å². The molecular weight excluding hydrogens is 350 g/mol. The van der Waals surface area contributed by atoms with E-state index in [1.165, 1.54) is 5.56 Å². The smallest absolute Gasteiger partial charge is 0.223 e. The van der Waals surface area contributed by atoms with Gasteiger partial charge in [0, 0.05) is 18.9 Å². The van der Waals surface area contributed by atoms with Gasteiger partial charge in [-0.3, -0.25) is 4.79 Å². The lowest BCUT2D eigenvalue weighted by Gasteiger charge is -2.11. The second kappa shape index (κ2) is 8.46. The number of nitrogens with one attached hydrogen (secondary N) is 1. The summed E-state index contributed by atoms with van der Waals surface area (Å²) in [5.41, 5.74) is 3.34. The molecule has 0 unspecified atom stereocenters. The minimum absolute atomic E-state index is 0.208. The monoisotopic (exact) mass is 377 g/mol. The summed E-state index contributed by atoms with van der Waals surface area (Å²) < 4.78 is 8.19. The highest BCUT2D eigenvalue weighted by atomic mass is 16.5. The number of rotatable bonds is 9. The van der Waals surface area contributed by atoms with Crippen LogP contribution in [0.3, 0.4) is 0 Å². The van der Waals surface area contributed by atoms with E-state index < -0.39 is 0 Å². The van der Waals surface area contributed by atoms with Crippen LogP contribution in [0.1, 0.15) is 30.7 Å². The van der Waals surface area contributed by atoms with Gasteiger partial charge in [0.15, 0.2) is 0 Å². The molecule has 1 amide bonds. The number of hydrogen-bond acceptors (Lipinski definition) is 3. The first-order valence-electron chi connectivity index (χ1n) is 10.1. The Labute approximate surface area is 165 Å². The van der Waals surface area contributed by atoms with Crippen molar-refractivity contribution in [2.75, 3.05) is 13.2 Å². The summed E-state index contributed by atoms with van der Waals surface area (Å²) in [6, 6.07) is 16.3. The van der Waals surface area contributed by atoms with Crippen LogP contribution in [0.4, 0.5) is 0 Å². The van der Waals surface area contributed by atoms with Crippen LogP contribution >= 0.6 is 0 Å². The first-order chi connectivity index (χ1) is 13.7. The number of aryl methyl sites for hydroxylation is 2. The maximum atomic E-state index is 11.8. The molecule has 1 aliphatic rings. The van der Waals surface area contributed by atoms with E-state index in [0.717, 1.165) is 54.8 Å². The summed E-state index contributed by atoms with van der Waals surface area (Å²) >= 11 is 0. The molecule has 1 saturated carbocycles. The highest BCUT2D eigenvalue weighted by molar-refractivity contribution is 5.80. The second-order valence-corrected chi connectivity index (χ2v) is 7.50. The van der Waals surface area contributed by atoms with Crippen molar-refractivity contribution in [2.45, 2.75) is 39.2 Å². The highest BCUT2D eigenvalue weighted by Crippen LogP contribution is 2.28. The molecule has 2 aromatic carbocycles. The number of carbonyl (C=O) groups excluding carboxylic acids is 1. The lowest BCUT2D eigenvalue weighted by Crippen LogP contribution is -2.26. The molecule has 5 heteroatoms. The number of para-hydroxylation sites is 2. The van der Waals surface area contributed by atoms with Gasteiger partial charge in [-0.05, 0) is 56.0 Å². The van der Waals surface area contributed by atoms with E-state index in [9.17, 15) is 4.79 Å². The summed E-state index contributed by atoms with van der Waals surface area (Å²) in [6.45, 7) is 4.11. The Morgan fingerprint density at radius 3 is 2.89 bits per heavy atom. The average Bonchev–Trinajstić information content (AvgIpc) is 3.49. The van der Waals surface area contributed by atoms with E-state index in [-0.39, 0.29) is 11.8 Å². The molecule has 0 spiro atoms. The Hall–Kier alpha value is -2.82. The Kier molecular flexibility index (Phi) is 5.60. The van der Waals surface area contributed by atoms with Gasteiger partial charge in [0.2, 0.25) is 5.91 Å². The van der Waals surface area contributed by atoms with Crippen LogP contribution in [0, 0.1) is 12.8 Å². The Balaban J connectivity index is 1.38. The zero-order valence-electron chi connectivity index (χ0n) is 16.4. The molecule has 146 valence electrons. The summed E-state index contributed by atoms with van der Waals surface area (Å²) in [4.78, 5) is 16.6. The largest absolute Gasteiger partial charge is 0.492 e. The lowest BCUT2D eigenvalue weighted by molar-refractivity contribution is -0.122. The second-order valence-electron chi connectivity index (χ2n) is 7.50. The summed E-state index contributed by atoms with van der Waals surface area (Å²) in [5.74, 6) is 2.42. The highest BCUT2D eigenvalue weighted by Gasteiger charge is 2.29. The van der Waals surface area contributed by atoms with Crippen molar-refractivity contribution in [1.29, 1.82) is 0 Å². The minimum atomic E-state index is 0.208. The van der Waals surface area contributed by atoms with Gasteiger partial charge in [-0.1, -0.05) is 24.3 Å². The zero-order valence-corrected chi connectivity index (χ0v) is 16.4. The molecule has 0 aliphatic heterocycles. The number of ether oxygens (including phenoxy) is 1. The number of nitrogens with zero attached hydrogens (tertiary/aromatic N) is 2. The van der Waals surface area contributed by atoms with Gasteiger partial charge in [0.25, 0.3) is 0 Å². The predicted octanol–water partition coefficient (Wildman–Crippen LogP) is 3.88. The fourth-order valence-corrected chi connectivity index (χ4v) is 3.47. The van der Waals surface area contributed by atoms with Crippen molar-refractivity contribution in [3.05, 3.63) is 59.9 Å². The van der Waals surface area contributed by atoms with Gasteiger partial charge in [-0.2, -0.15) is 0 Å². The molecule has 0 atom stereocenters. The number of amides is 1. The fraction of sp³-hybridized carbons (Fsp3) is 0.391. The first kappa shape index (κ1) is 18.5. The van der Waals surface area contributed by atoms with E-state index in [2.05, 4.69) is 35.0 Å². The summed E-state index contributed by atoms with van der Waals surface area (Å²) in [6.07, 6.45) is 3.82. The topological polar surface area (TPSA) is 56.1 Å². The maximum absolute atomic E-state index is 11.8. The van der Waals surface area contributed by atoms with Crippen molar-refractivity contribution in [3.8, 4) is 5.75 Å². The fourth-order valence-electron chi connectivity index (χ4n) is 3.47. The van der Waals surface area contributed by atoms with E-state index >= 15 is 0 Å². The summed E-state index contributed by atoms with van der Waals surface area (Å²) in [5, 5.41) is 3.04. The van der Waals surface area contributed by atoms with Crippen LogP contribution in [0.5, 0.6) is 5.75 Å². The minimum Gasteiger partial charge on any atom is -0.492 e. The van der Waals surface area contributed by atoms with E-state index in [1.54, 1.807) is 0 Å². The SMILES string of the molecule is Cc1cccc(OCCn2c(CCCNC(=O)C3CC3)nc3ccccc32)c1. The van der Waals surface area contributed by atoms with Crippen LogP contribution in [-0.2, 0) is 17.8 Å². The van der Waals surface area contributed by atoms with E-state index in [0.29, 0.717) is 13.2 Å². The molecule has 1 heterocycles. The van der Waals surface area contributed by atoms with Crippen LogP contribution in [0.2, 0.25) is 0 Å². The molecule has 3 aromatic rings. The molecule has 1 fully saturated rings. The number of aromatic nitrogens is 2. The van der Waals surface area contributed by atoms with Gasteiger partial charge in [-0.15, -0.1) is 0 Å². The zero-order chi connectivity index (χ0) is 19.3. The van der Waals surface area contributed by atoms with Gasteiger partial charge in [0.1, 0.15) is 18.2 Å². The van der Waals surface area contributed by atoms with Crippen molar-refractivity contribution < 1.29 is 9.53 Å². The Morgan fingerprint density at radius 1 is 1.21 bits per heavy atom. The first-order valence-corrected chi connectivity index (χ1v) is 10.1. The predicted molar refractivity (Wildman–Crippen MR) is 110 cm³/mol. The van der Waals surface area contributed by atoms with Crippen molar-refractivity contribution in [2.24, 2.45) is 5.92 Å². The molecule has 1 aromatic heterocycles. The summed E-state index contributed by atoms with van der Waals surface area (Å²) in [7, 11) is 0. The van der Waals surface area contributed by atoms with E-state index in [4.69, 9.17) is 9.72 Å². The average molecular weight is 377 g/mol. The van der Waals surface area contributed by atoms with Crippen molar-refractivity contribution in [3.63, 3.8) is 0 Å². The quantitative estimate of drug-likeness (QED) is 0.576. The number of carbonyl (C=O) groups is 1. The molecule has 28 heavy (non-hydrogen) atoms. The maximum Gasteiger partial charge on any atom is 0.223 e. The molecular formula is C23H27N3O2. The molecule has 0 saturated heterocycles. The van der Waals surface area contributed by atoms with Crippen LogP contribution in [0.25, 0.3) is 11.0 Å². The Bertz CT molecular complexity index is 959. The molecule has 4 rings (SSSR count). The standard InChI is InChI=1S/C23H27N3O2/c1-17-6-4-7-19(16-17)28-15-14-26-21-9-3-2-8-20(21)25-22(26)10-5-13-24-23(27)18-11-12-18/h2-4,6-9,16,18H,5,10-15H2,1H3,(H,24,27). The van der Waals surface area contributed by atoms with Gasteiger partial charge in [-0.25, -0.2) is 4.98 Å². The number of benzene rings is 2. The Morgan fingerprint density at radius 2 is 2.07 bits per heavy atom. The molecule has 1 aliphatic carbocycles. The van der Waals surface area contributed by atoms with Gasteiger partial charge < -0.3 is 14.6 Å². The number of hydrogen-bond donors (Lipinski definition) is 1. The normalized spacial score (nSPS) is 13.6. The van der Waals surface area contributed by atoms with Crippen LogP contribution < -0.4 is 10.1 Å². The third-order valence-corrected chi connectivity index (χ3v) is 5.13. The van der Waals surface area contributed by atoms with Crippen molar-refractivity contribution >= 4 is 16.9 Å². The third-order valence-electron chi connectivity index (χ3n) is 5.13.